The zero-order chi connectivity index (χ0) is 24.8. The van der Waals surface area contributed by atoms with Gasteiger partial charge in [-0.05, 0) is 98.5 Å². The van der Waals surface area contributed by atoms with Crippen LogP contribution in [0.4, 0.5) is 4.39 Å². The van der Waals surface area contributed by atoms with Crippen molar-refractivity contribution in [1.29, 1.82) is 0 Å². The minimum atomic E-state index is -1.17. The first kappa shape index (κ1) is 25.9. The molecule has 0 radical (unpaired) electrons. The van der Waals surface area contributed by atoms with Gasteiger partial charge in [-0.1, -0.05) is 0 Å². The number of likely N-dealkylation sites (tertiary alicyclic amines) is 1. The monoisotopic (exact) mass is 516 g/mol. The maximum atomic E-state index is 15.4. The van der Waals surface area contributed by atoms with Gasteiger partial charge < -0.3 is 14.7 Å². The summed E-state index contributed by atoms with van der Waals surface area (Å²) >= 11 is 3.66. The fourth-order valence-electron chi connectivity index (χ4n) is 4.92. The maximum absolute atomic E-state index is 15.4. The SMILES string of the molecule is COc1ccc2nccc([C@@H](F)CC[C@@H]3CCN(CCCSc4sccc4C)C[C@@H]3C(=O)O)c2c1. The van der Waals surface area contributed by atoms with Crippen molar-refractivity contribution in [1.82, 2.24) is 9.88 Å². The fraction of sp³-hybridized carbons (Fsp3) is 0.481. The fourth-order valence-corrected chi connectivity index (χ4v) is 7.01. The first-order valence-corrected chi connectivity index (χ1v) is 14.0. The molecule has 4 rings (SSSR count). The average Bonchev–Trinajstić information content (AvgIpc) is 3.29. The Labute approximate surface area is 214 Å². The summed E-state index contributed by atoms with van der Waals surface area (Å²) in [5.74, 6) is 0.483. The number of carboxylic acids is 1. The second-order valence-electron chi connectivity index (χ2n) is 9.22. The molecule has 0 unspecified atom stereocenters. The van der Waals surface area contributed by atoms with Gasteiger partial charge in [0.2, 0.25) is 0 Å². The molecule has 1 aliphatic rings. The molecule has 0 amide bonds. The Morgan fingerprint density at radius 3 is 2.97 bits per heavy atom. The van der Waals surface area contributed by atoms with E-state index in [2.05, 4.69) is 28.3 Å². The third-order valence-electron chi connectivity index (χ3n) is 6.93. The highest BCUT2D eigenvalue weighted by atomic mass is 32.2. The Hall–Kier alpha value is -2.16. The number of piperidine rings is 1. The molecule has 2 aromatic heterocycles. The molecular weight excluding hydrogens is 483 g/mol. The number of alkyl halides is 1. The first-order chi connectivity index (χ1) is 17.0. The number of fused-ring (bicyclic) bond motifs is 1. The minimum Gasteiger partial charge on any atom is -0.497 e. The Morgan fingerprint density at radius 2 is 2.23 bits per heavy atom. The number of benzene rings is 1. The van der Waals surface area contributed by atoms with Crippen LogP contribution in [-0.4, -0.2) is 53.5 Å². The van der Waals surface area contributed by atoms with Gasteiger partial charge in [0, 0.05) is 23.9 Å². The number of halogens is 1. The van der Waals surface area contributed by atoms with E-state index < -0.39 is 18.1 Å². The van der Waals surface area contributed by atoms with Gasteiger partial charge in [-0.15, -0.1) is 23.1 Å². The molecular formula is C27H33FN2O3S2. The lowest BCUT2D eigenvalue weighted by molar-refractivity contribution is -0.146. The van der Waals surface area contributed by atoms with Crippen LogP contribution in [-0.2, 0) is 4.79 Å². The molecule has 3 heterocycles. The van der Waals surface area contributed by atoms with Crippen molar-refractivity contribution in [2.24, 2.45) is 11.8 Å². The largest absolute Gasteiger partial charge is 0.497 e. The number of pyridine rings is 1. The summed E-state index contributed by atoms with van der Waals surface area (Å²) in [6, 6.07) is 9.34. The Balaban J connectivity index is 1.30. The zero-order valence-electron chi connectivity index (χ0n) is 20.3. The van der Waals surface area contributed by atoms with Crippen LogP contribution in [0.2, 0.25) is 0 Å². The lowest BCUT2D eigenvalue weighted by atomic mass is 9.81. The maximum Gasteiger partial charge on any atom is 0.308 e. The number of ether oxygens (including phenoxy) is 1. The molecule has 1 saturated heterocycles. The molecule has 1 aromatic carbocycles. The van der Waals surface area contributed by atoms with Crippen molar-refractivity contribution < 1.29 is 19.0 Å². The first-order valence-electron chi connectivity index (χ1n) is 12.1. The van der Waals surface area contributed by atoms with E-state index in [1.165, 1.54) is 9.77 Å². The van der Waals surface area contributed by atoms with E-state index in [0.29, 0.717) is 30.7 Å². The molecule has 0 spiro atoms. The predicted molar refractivity (Wildman–Crippen MR) is 141 cm³/mol. The predicted octanol–water partition coefficient (Wildman–Crippen LogP) is 6.61. The highest BCUT2D eigenvalue weighted by Gasteiger charge is 2.34. The summed E-state index contributed by atoms with van der Waals surface area (Å²) in [6.45, 7) is 4.47. The summed E-state index contributed by atoms with van der Waals surface area (Å²) in [5.41, 5.74) is 2.66. The molecule has 5 nitrogen and oxygen atoms in total. The number of methoxy groups -OCH3 is 1. The van der Waals surface area contributed by atoms with Crippen LogP contribution < -0.4 is 4.74 Å². The van der Waals surface area contributed by atoms with E-state index in [9.17, 15) is 9.90 Å². The number of rotatable bonds is 11. The van der Waals surface area contributed by atoms with E-state index in [1.807, 2.05) is 30.0 Å². The van der Waals surface area contributed by atoms with Gasteiger partial charge in [-0.25, -0.2) is 4.39 Å². The lowest BCUT2D eigenvalue weighted by Crippen LogP contribution is -2.44. The van der Waals surface area contributed by atoms with Crippen LogP contribution in [0.5, 0.6) is 5.75 Å². The normalized spacial score (nSPS) is 19.6. The number of aryl methyl sites for hydroxylation is 1. The van der Waals surface area contributed by atoms with Crippen molar-refractivity contribution in [3.8, 4) is 5.75 Å². The molecule has 1 N–H and O–H groups in total. The van der Waals surface area contributed by atoms with Crippen molar-refractivity contribution in [2.75, 3.05) is 32.5 Å². The number of carboxylic acid groups (broad SMARTS) is 1. The Morgan fingerprint density at radius 1 is 1.37 bits per heavy atom. The van der Waals surface area contributed by atoms with Gasteiger partial charge in [0.15, 0.2) is 0 Å². The Bertz CT molecular complexity index is 1140. The van der Waals surface area contributed by atoms with Crippen molar-refractivity contribution in [2.45, 2.75) is 43.0 Å². The molecule has 1 aliphatic heterocycles. The summed E-state index contributed by atoms with van der Waals surface area (Å²) in [6.07, 6.45) is 3.16. The highest BCUT2D eigenvalue weighted by Crippen LogP contribution is 2.35. The zero-order valence-corrected chi connectivity index (χ0v) is 21.9. The van der Waals surface area contributed by atoms with Gasteiger partial charge in [0.25, 0.3) is 0 Å². The number of nitrogens with zero attached hydrogens (tertiary/aromatic N) is 2. The van der Waals surface area contributed by atoms with E-state index in [1.54, 1.807) is 30.7 Å². The van der Waals surface area contributed by atoms with Gasteiger partial charge in [0.1, 0.15) is 11.9 Å². The number of hydrogen-bond acceptors (Lipinski definition) is 6. The molecule has 1 fully saturated rings. The van der Waals surface area contributed by atoms with E-state index in [-0.39, 0.29) is 5.92 Å². The van der Waals surface area contributed by atoms with Crippen LogP contribution in [0, 0.1) is 18.8 Å². The van der Waals surface area contributed by atoms with Gasteiger partial charge in [-0.3, -0.25) is 9.78 Å². The highest BCUT2D eigenvalue weighted by molar-refractivity contribution is 8.01. The van der Waals surface area contributed by atoms with Gasteiger partial charge >= 0.3 is 5.97 Å². The number of thiophene rings is 1. The number of carbonyl (C=O) groups is 1. The summed E-state index contributed by atoms with van der Waals surface area (Å²) in [5, 5.41) is 12.8. The quantitative estimate of drug-likeness (QED) is 0.229. The standard InChI is InChI=1S/C27H33FN2O3S2/c1-18-10-15-35-27(18)34-14-3-12-30-13-9-19(23(17-30)26(31)32)4-6-24(28)21-8-11-29-25-7-5-20(33-2)16-22(21)25/h5,7-8,10-11,15-16,19,23-24H,3-4,6,9,12-14,17H2,1-2H3,(H,31,32)/t19-,23+,24+/m1/s1. The average molecular weight is 517 g/mol. The van der Waals surface area contributed by atoms with Crippen molar-refractivity contribution in [3.05, 3.63) is 53.0 Å². The van der Waals surface area contributed by atoms with E-state index >= 15 is 4.39 Å². The third-order valence-corrected chi connectivity index (χ3v) is 9.46. The molecule has 8 heteroatoms. The second kappa shape index (κ2) is 12.2. The third kappa shape index (κ3) is 6.54. The molecule has 3 atom stereocenters. The minimum absolute atomic E-state index is 0.00668. The molecule has 3 aromatic rings. The smallest absolute Gasteiger partial charge is 0.308 e. The number of thioether (sulfide) groups is 1. The van der Waals surface area contributed by atoms with Crippen molar-refractivity contribution >= 4 is 40.0 Å². The molecule has 0 saturated carbocycles. The van der Waals surface area contributed by atoms with Crippen LogP contribution in [0.1, 0.15) is 43.0 Å². The number of hydrogen-bond donors (Lipinski definition) is 1. The van der Waals surface area contributed by atoms with Crippen LogP contribution >= 0.6 is 23.1 Å². The van der Waals surface area contributed by atoms with Gasteiger partial charge in [0.05, 0.1) is 22.8 Å². The molecule has 188 valence electrons. The summed E-state index contributed by atoms with van der Waals surface area (Å²) in [4.78, 5) is 18.7. The topological polar surface area (TPSA) is 62.7 Å². The summed E-state index contributed by atoms with van der Waals surface area (Å²) < 4.78 is 22.1. The van der Waals surface area contributed by atoms with Crippen molar-refractivity contribution in [3.63, 3.8) is 0 Å². The molecule has 0 aliphatic carbocycles. The lowest BCUT2D eigenvalue weighted by Gasteiger charge is -2.36. The van der Waals surface area contributed by atoms with Crippen LogP contribution in [0.25, 0.3) is 10.9 Å². The Kier molecular flexibility index (Phi) is 9.03. The molecule has 0 bridgehead atoms. The molecule has 35 heavy (non-hydrogen) atoms. The number of aliphatic carboxylic acids is 1. The van der Waals surface area contributed by atoms with Crippen LogP contribution in [0.15, 0.2) is 46.1 Å². The van der Waals surface area contributed by atoms with Gasteiger partial charge in [-0.2, -0.15) is 0 Å². The van der Waals surface area contributed by atoms with Crippen LogP contribution in [0.3, 0.4) is 0 Å². The summed E-state index contributed by atoms with van der Waals surface area (Å²) in [7, 11) is 1.59. The van der Waals surface area contributed by atoms with E-state index in [4.69, 9.17) is 4.74 Å². The second-order valence-corrected chi connectivity index (χ2v) is 11.5. The van der Waals surface area contributed by atoms with E-state index in [0.717, 1.165) is 42.6 Å². The number of aromatic nitrogens is 1.